The molecule has 0 aliphatic heterocycles. The molecule has 0 rings (SSSR count). The van der Waals surface area contributed by atoms with Crippen molar-refractivity contribution in [1.82, 2.24) is 0 Å². The summed E-state index contributed by atoms with van der Waals surface area (Å²) in [5.74, 6) is -0.498. The molecule has 0 spiro atoms. The van der Waals surface area contributed by atoms with Crippen LogP contribution < -0.4 is 0 Å². The van der Waals surface area contributed by atoms with Gasteiger partial charge in [0, 0.05) is 25.7 Å². The fourth-order valence-corrected chi connectivity index (χ4v) is 13.6. The third-order valence-corrected chi connectivity index (χ3v) is 20.5. The number of ether oxygens (including phenoxy) is 4. The Bertz CT molecular complexity index is 1870. The lowest BCUT2D eigenvalue weighted by molar-refractivity contribution is -0.161. The molecule has 17 nitrogen and oxygen atoms in total. The zero-order valence-electron chi connectivity index (χ0n) is 63.4. The molecule has 3 N–H and O–H groups in total. The van der Waals surface area contributed by atoms with Crippen LogP contribution in [0.3, 0.4) is 0 Å². The summed E-state index contributed by atoms with van der Waals surface area (Å²) in [7, 11) is -9.91. The molecular formula is C78H152O17P2. The van der Waals surface area contributed by atoms with Crippen LogP contribution in [0.5, 0.6) is 0 Å². The number of hydrogen-bond acceptors (Lipinski definition) is 15. The van der Waals surface area contributed by atoms with Gasteiger partial charge in [0.15, 0.2) is 12.2 Å². The first-order valence-electron chi connectivity index (χ1n) is 40.5. The fourth-order valence-electron chi connectivity index (χ4n) is 12.0. The largest absolute Gasteiger partial charge is 0.472 e. The van der Waals surface area contributed by atoms with Crippen LogP contribution in [0.15, 0.2) is 0 Å². The van der Waals surface area contributed by atoms with E-state index in [0.29, 0.717) is 25.7 Å². The lowest BCUT2D eigenvalue weighted by Crippen LogP contribution is -2.30. The molecule has 0 aliphatic rings. The van der Waals surface area contributed by atoms with Gasteiger partial charge in [-0.3, -0.25) is 37.3 Å². The number of phosphoric ester groups is 2. The van der Waals surface area contributed by atoms with Gasteiger partial charge in [-0.1, -0.05) is 356 Å². The number of carbonyl (C=O) groups is 4. The van der Waals surface area contributed by atoms with Crippen molar-refractivity contribution in [3.63, 3.8) is 0 Å². The van der Waals surface area contributed by atoms with E-state index in [4.69, 9.17) is 37.0 Å². The van der Waals surface area contributed by atoms with E-state index in [1.54, 1.807) is 0 Å². The van der Waals surface area contributed by atoms with Crippen molar-refractivity contribution in [2.75, 3.05) is 39.6 Å². The van der Waals surface area contributed by atoms with Crippen LogP contribution in [0, 0.1) is 11.8 Å². The summed E-state index contributed by atoms with van der Waals surface area (Å²) in [6.07, 6.45) is 58.0. The van der Waals surface area contributed by atoms with Crippen LogP contribution in [0.2, 0.25) is 0 Å². The first-order chi connectivity index (χ1) is 46.9. The smallest absolute Gasteiger partial charge is 0.462 e. The number of phosphoric acid groups is 2. The highest BCUT2D eigenvalue weighted by atomic mass is 31.2. The molecule has 0 amide bonds. The lowest BCUT2D eigenvalue weighted by atomic mass is 9.99. The number of esters is 4. The Morgan fingerprint density at radius 3 is 0.784 bits per heavy atom. The second kappa shape index (κ2) is 69.8. The third-order valence-electron chi connectivity index (χ3n) is 18.6. The number of rotatable bonds is 77. The molecular weight excluding hydrogens is 1270 g/mol. The standard InChI is InChI=1S/C78H152O17P2/c1-7-10-12-14-16-18-20-25-30-38-44-50-56-62-77(82)94-73(66-88-75(80)60-54-48-42-36-29-21-19-17-15-13-11-8-2)68-92-96(84,85)90-64-72(79)65-91-97(86,87)93-69-74(67-89-76(81)61-55-49-43-37-33-32-35-41-47-53-59-71(6)9-3)95-78(83)63-57-51-45-39-31-27-24-22-23-26-28-34-40-46-52-58-70(4)5/h70-74,79H,7-69H2,1-6H3,(H,84,85)(H,86,87)/t71?,72-,73+,74+/m0/s1. The average molecular weight is 1420 g/mol. The molecule has 0 aromatic carbocycles. The predicted molar refractivity (Wildman–Crippen MR) is 395 cm³/mol. The Morgan fingerprint density at radius 1 is 0.299 bits per heavy atom. The monoisotopic (exact) mass is 1420 g/mol. The molecule has 97 heavy (non-hydrogen) atoms. The summed E-state index contributed by atoms with van der Waals surface area (Å²) < 4.78 is 68.6. The van der Waals surface area contributed by atoms with E-state index in [1.165, 1.54) is 225 Å². The van der Waals surface area contributed by atoms with Gasteiger partial charge in [-0.05, 0) is 37.5 Å². The number of aliphatic hydroxyl groups excluding tert-OH is 1. The number of unbranched alkanes of at least 4 members (excludes halogenated alkanes) is 46. The summed E-state index contributed by atoms with van der Waals surface area (Å²) in [5.41, 5.74) is 0. The van der Waals surface area contributed by atoms with Crippen LogP contribution in [-0.2, 0) is 65.4 Å². The number of hydrogen-bond donors (Lipinski definition) is 3. The van der Waals surface area contributed by atoms with E-state index in [0.717, 1.165) is 102 Å². The highest BCUT2D eigenvalue weighted by Gasteiger charge is 2.30. The predicted octanol–water partition coefficient (Wildman–Crippen LogP) is 23.1. The Hall–Kier alpha value is -1.94. The Kier molecular flexibility index (Phi) is 68.4. The molecule has 19 heteroatoms. The van der Waals surface area contributed by atoms with E-state index in [1.807, 2.05) is 0 Å². The lowest BCUT2D eigenvalue weighted by Gasteiger charge is -2.21. The molecule has 6 atom stereocenters. The van der Waals surface area contributed by atoms with Crippen molar-refractivity contribution in [2.45, 2.75) is 426 Å². The van der Waals surface area contributed by atoms with Gasteiger partial charge in [-0.2, -0.15) is 0 Å². The molecule has 576 valence electrons. The van der Waals surface area contributed by atoms with E-state index < -0.39 is 97.5 Å². The summed E-state index contributed by atoms with van der Waals surface area (Å²) in [4.78, 5) is 72.9. The van der Waals surface area contributed by atoms with Gasteiger partial charge in [-0.25, -0.2) is 9.13 Å². The highest BCUT2D eigenvalue weighted by molar-refractivity contribution is 7.47. The highest BCUT2D eigenvalue weighted by Crippen LogP contribution is 2.45. The molecule has 0 aromatic heterocycles. The van der Waals surface area contributed by atoms with Gasteiger partial charge in [0.05, 0.1) is 26.4 Å². The quantitative estimate of drug-likeness (QED) is 0.0222. The van der Waals surface area contributed by atoms with E-state index in [2.05, 4.69) is 41.5 Å². The first-order valence-corrected chi connectivity index (χ1v) is 43.5. The Morgan fingerprint density at radius 2 is 0.526 bits per heavy atom. The van der Waals surface area contributed by atoms with Crippen molar-refractivity contribution in [3.8, 4) is 0 Å². The van der Waals surface area contributed by atoms with E-state index in [-0.39, 0.29) is 25.7 Å². The Labute approximate surface area is 594 Å². The van der Waals surface area contributed by atoms with E-state index >= 15 is 0 Å². The second-order valence-electron chi connectivity index (χ2n) is 28.8. The van der Waals surface area contributed by atoms with E-state index in [9.17, 15) is 43.2 Å². The van der Waals surface area contributed by atoms with Crippen molar-refractivity contribution < 1.29 is 80.2 Å². The van der Waals surface area contributed by atoms with Gasteiger partial charge in [0.2, 0.25) is 0 Å². The van der Waals surface area contributed by atoms with Gasteiger partial charge >= 0.3 is 39.5 Å². The number of aliphatic hydroxyl groups is 1. The summed E-state index contributed by atoms with van der Waals surface area (Å²) in [6.45, 7) is 9.67. The summed E-state index contributed by atoms with van der Waals surface area (Å²) >= 11 is 0. The molecule has 3 unspecified atom stereocenters. The average Bonchev–Trinajstić information content (AvgIpc) is 1.63. The zero-order valence-corrected chi connectivity index (χ0v) is 65.2. The van der Waals surface area contributed by atoms with Crippen molar-refractivity contribution >= 4 is 39.5 Å². The van der Waals surface area contributed by atoms with Gasteiger partial charge in [0.1, 0.15) is 19.3 Å². The molecule has 0 saturated carbocycles. The maximum Gasteiger partial charge on any atom is 0.472 e. The molecule has 0 bridgehead atoms. The summed E-state index contributed by atoms with van der Waals surface area (Å²) in [6, 6.07) is 0. The summed E-state index contributed by atoms with van der Waals surface area (Å²) in [5, 5.41) is 10.6. The molecule has 0 aliphatic carbocycles. The minimum Gasteiger partial charge on any atom is -0.462 e. The van der Waals surface area contributed by atoms with Gasteiger partial charge in [-0.15, -0.1) is 0 Å². The van der Waals surface area contributed by atoms with Crippen molar-refractivity contribution in [3.05, 3.63) is 0 Å². The SMILES string of the molecule is CCCCCCCCCCCCCCCC(=O)O[C@H](COC(=O)CCCCCCCCCCCCCC)COP(=O)(O)OC[C@H](O)COP(=O)(O)OC[C@@H](COC(=O)CCCCCCCCCCCCC(C)CC)OC(=O)CCCCCCCCCCCCCCCCCC(C)C. The topological polar surface area (TPSA) is 237 Å². The second-order valence-corrected chi connectivity index (χ2v) is 31.7. The molecule has 0 fully saturated rings. The molecule has 0 radical (unpaired) electrons. The van der Waals surface area contributed by atoms with Gasteiger partial charge < -0.3 is 33.8 Å². The van der Waals surface area contributed by atoms with Crippen molar-refractivity contribution in [1.29, 1.82) is 0 Å². The zero-order chi connectivity index (χ0) is 71.4. The number of carbonyl (C=O) groups excluding carboxylic acids is 4. The fraction of sp³-hybridized carbons (Fsp3) is 0.949. The third kappa shape index (κ3) is 70.9. The Balaban J connectivity index is 5.26. The van der Waals surface area contributed by atoms with Crippen LogP contribution in [0.25, 0.3) is 0 Å². The minimum absolute atomic E-state index is 0.108. The maximum atomic E-state index is 13.1. The maximum absolute atomic E-state index is 13.1. The normalized spacial score (nSPS) is 14.2. The molecule has 0 saturated heterocycles. The van der Waals surface area contributed by atoms with Crippen molar-refractivity contribution in [2.24, 2.45) is 11.8 Å². The molecule has 0 heterocycles. The van der Waals surface area contributed by atoms with Crippen LogP contribution in [-0.4, -0.2) is 96.7 Å². The minimum atomic E-state index is -4.96. The first kappa shape index (κ1) is 95.1. The van der Waals surface area contributed by atoms with Crippen LogP contribution >= 0.6 is 15.6 Å². The van der Waals surface area contributed by atoms with Crippen LogP contribution in [0.4, 0.5) is 0 Å². The van der Waals surface area contributed by atoms with Gasteiger partial charge in [0.25, 0.3) is 0 Å². The molecule has 0 aromatic rings. The van der Waals surface area contributed by atoms with Crippen LogP contribution in [0.1, 0.15) is 408 Å².